The van der Waals surface area contributed by atoms with Crippen molar-refractivity contribution in [3.63, 3.8) is 0 Å². The van der Waals surface area contributed by atoms with Crippen LogP contribution < -0.4 is 0 Å². The first-order valence-corrected chi connectivity index (χ1v) is 12.2. The Bertz CT molecular complexity index is 1090. The van der Waals surface area contributed by atoms with E-state index in [1.165, 1.54) is 7.11 Å². The maximum Gasteiger partial charge on any atom is 0.309 e. The molecule has 0 radical (unpaired) electrons. The summed E-state index contributed by atoms with van der Waals surface area (Å²) in [7, 11) is -1.29. The van der Waals surface area contributed by atoms with Crippen LogP contribution in [0.15, 0.2) is 52.6 Å². The molecule has 11 heteroatoms. The van der Waals surface area contributed by atoms with Crippen LogP contribution >= 0.6 is 19.8 Å². The standard InChI is InChI=1S/C22H24ClN4O5P/c1-30-20(28)8-7-19-22(32-33(29)27-10-12-31-13-11-27)26-17-6-5-15(23)14-16(17)21(25-19)18-4-2-3-9-24-18/h2-6,9,14,19,33H,7-8,10-13H2,1H3/t19-/m0/s1. The second-order valence-electron chi connectivity index (χ2n) is 7.40. The molecule has 1 saturated heterocycles. The van der Waals surface area contributed by atoms with Gasteiger partial charge < -0.3 is 14.0 Å². The number of fused-ring (bicyclic) bond motifs is 1. The highest BCUT2D eigenvalue weighted by atomic mass is 35.5. The average molecular weight is 491 g/mol. The van der Waals surface area contributed by atoms with Gasteiger partial charge in [0.2, 0.25) is 5.90 Å². The highest BCUT2D eigenvalue weighted by Gasteiger charge is 2.29. The number of nitrogens with zero attached hydrogens (tertiary/aromatic N) is 4. The molecule has 2 aliphatic heterocycles. The van der Waals surface area contributed by atoms with Crippen LogP contribution in [0.5, 0.6) is 0 Å². The minimum absolute atomic E-state index is 0.0954. The van der Waals surface area contributed by atoms with Gasteiger partial charge in [0.05, 0.1) is 37.4 Å². The Morgan fingerprint density at radius 3 is 2.82 bits per heavy atom. The van der Waals surface area contributed by atoms with Gasteiger partial charge in [-0.1, -0.05) is 17.7 Å². The van der Waals surface area contributed by atoms with Gasteiger partial charge in [0.1, 0.15) is 6.04 Å². The molecular weight excluding hydrogens is 467 g/mol. The number of morpholine rings is 1. The molecule has 4 rings (SSSR count). The van der Waals surface area contributed by atoms with Crippen LogP contribution in [-0.4, -0.2) is 66.7 Å². The lowest BCUT2D eigenvalue weighted by atomic mass is 10.0. The molecule has 174 valence electrons. The van der Waals surface area contributed by atoms with Gasteiger partial charge in [-0.05, 0) is 36.8 Å². The third-order valence-corrected chi connectivity index (χ3v) is 6.82. The van der Waals surface area contributed by atoms with E-state index in [0.717, 1.165) is 0 Å². The Hall–Kier alpha value is -2.58. The smallest absolute Gasteiger partial charge is 0.309 e. The number of hydrogen-bond donors (Lipinski definition) is 0. The first-order valence-electron chi connectivity index (χ1n) is 10.5. The molecule has 1 aromatic carbocycles. The van der Waals surface area contributed by atoms with Crippen molar-refractivity contribution < 1.29 is 23.4 Å². The molecule has 9 nitrogen and oxygen atoms in total. The lowest BCUT2D eigenvalue weighted by Crippen LogP contribution is -2.32. The predicted molar refractivity (Wildman–Crippen MR) is 126 cm³/mol. The van der Waals surface area contributed by atoms with E-state index in [4.69, 9.17) is 30.6 Å². The van der Waals surface area contributed by atoms with E-state index in [1.807, 2.05) is 18.2 Å². The molecule has 0 aliphatic carbocycles. The van der Waals surface area contributed by atoms with E-state index < -0.39 is 14.2 Å². The third kappa shape index (κ3) is 5.86. The number of aliphatic imine (C=N–C) groups is 2. The van der Waals surface area contributed by atoms with Crippen LogP contribution in [0.4, 0.5) is 5.69 Å². The number of carbonyl (C=O) groups excluding carboxylic acids is 1. The molecule has 1 aromatic heterocycles. The number of esters is 1. The van der Waals surface area contributed by atoms with E-state index in [9.17, 15) is 9.36 Å². The van der Waals surface area contributed by atoms with E-state index in [-0.39, 0.29) is 24.7 Å². The maximum atomic E-state index is 13.0. The van der Waals surface area contributed by atoms with Crippen LogP contribution in [0.25, 0.3) is 0 Å². The van der Waals surface area contributed by atoms with Gasteiger partial charge in [-0.2, -0.15) is 0 Å². The summed E-state index contributed by atoms with van der Waals surface area (Å²) in [6, 6.07) is 10.1. The molecular formula is C22H24ClN4O5P. The number of rotatable bonds is 6. The van der Waals surface area contributed by atoms with E-state index in [0.29, 0.717) is 54.0 Å². The highest BCUT2D eigenvalue weighted by Crippen LogP contribution is 2.35. The number of carbonyl (C=O) groups is 1. The summed E-state index contributed by atoms with van der Waals surface area (Å²) in [4.78, 5) is 25.9. The molecule has 0 saturated carbocycles. The third-order valence-electron chi connectivity index (χ3n) is 5.23. The van der Waals surface area contributed by atoms with Crippen molar-refractivity contribution in [1.29, 1.82) is 0 Å². The molecule has 2 aromatic rings. The van der Waals surface area contributed by atoms with Gasteiger partial charge in [-0.3, -0.25) is 19.3 Å². The number of halogens is 1. The molecule has 0 spiro atoms. The maximum absolute atomic E-state index is 13.0. The number of benzene rings is 1. The summed E-state index contributed by atoms with van der Waals surface area (Å²) >= 11 is 6.28. The fourth-order valence-electron chi connectivity index (χ4n) is 3.51. The Morgan fingerprint density at radius 2 is 2.09 bits per heavy atom. The zero-order valence-corrected chi connectivity index (χ0v) is 19.8. The van der Waals surface area contributed by atoms with Crippen LogP contribution in [-0.2, 0) is 23.4 Å². The zero-order valence-electron chi connectivity index (χ0n) is 18.1. The monoisotopic (exact) mass is 490 g/mol. The Morgan fingerprint density at radius 1 is 1.27 bits per heavy atom. The van der Waals surface area contributed by atoms with Crippen LogP contribution in [0.2, 0.25) is 5.02 Å². The zero-order chi connectivity index (χ0) is 23.2. The number of hydrogen-bond acceptors (Lipinski definition) is 8. The highest BCUT2D eigenvalue weighted by molar-refractivity contribution is 7.37. The summed E-state index contributed by atoms with van der Waals surface area (Å²) in [5.41, 5.74) is 2.43. The fourth-order valence-corrected chi connectivity index (χ4v) is 4.72. The molecule has 3 heterocycles. The summed E-state index contributed by atoms with van der Waals surface area (Å²) in [5, 5.41) is 0.518. The summed E-state index contributed by atoms with van der Waals surface area (Å²) in [6.07, 6.45) is 2.03. The number of aromatic nitrogens is 1. The predicted octanol–water partition coefficient (Wildman–Crippen LogP) is 3.68. The normalized spacial score (nSPS) is 19.5. The fraction of sp³-hybridized carbons (Fsp3) is 0.364. The average Bonchev–Trinajstić information content (AvgIpc) is 3.00. The first-order chi connectivity index (χ1) is 16.0. The first kappa shape index (κ1) is 23.6. The van der Waals surface area contributed by atoms with Crippen molar-refractivity contribution in [2.24, 2.45) is 9.98 Å². The molecule has 1 fully saturated rings. The molecule has 2 aliphatic rings. The van der Waals surface area contributed by atoms with Gasteiger partial charge in [0.15, 0.2) is 0 Å². The molecule has 0 bridgehead atoms. The molecule has 1 unspecified atom stereocenters. The van der Waals surface area contributed by atoms with E-state index in [1.54, 1.807) is 29.1 Å². The number of ether oxygens (including phenoxy) is 2. The van der Waals surface area contributed by atoms with Gasteiger partial charge in [0.25, 0.3) is 0 Å². The minimum Gasteiger partial charge on any atom is -0.469 e. The quantitative estimate of drug-likeness (QED) is 0.449. The van der Waals surface area contributed by atoms with Crippen molar-refractivity contribution in [2.45, 2.75) is 18.9 Å². The van der Waals surface area contributed by atoms with Crippen LogP contribution in [0.1, 0.15) is 24.1 Å². The topological polar surface area (TPSA) is 103 Å². The molecule has 33 heavy (non-hydrogen) atoms. The molecule has 0 N–H and O–H groups in total. The second kappa shape index (κ2) is 11.0. The van der Waals surface area contributed by atoms with Crippen molar-refractivity contribution in [2.75, 3.05) is 33.4 Å². The van der Waals surface area contributed by atoms with Gasteiger partial charge in [0, 0.05) is 36.3 Å². The van der Waals surface area contributed by atoms with E-state index in [2.05, 4.69) is 9.98 Å². The van der Waals surface area contributed by atoms with Crippen molar-refractivity contribution in [3.05, 3.63) is 58.9 Å². The summed E-state index contributed by atoms with van der Waals surface area (Å²) in [5.74, 6) is -0.196. The number of methoxy groups -OCH3 is 1. The van der Waals surface area contributed by atoms with Gasteiger partial charge in [-0.15, -0.1) is 0 Å². The van der Waals surface area contributed by atoms with Crippen LogP contribution in [0.3, 0.4) is 0 Å². The lowest BCUT2D eigenvalue weighted by molar-refractivity contribution is -0.140. The Kier molecular flexibility index (Phi) is 7.88. The van der Waals surface area contributed by atoms with Gasteiger partial charge in [-0.25, -0.2) is 9.66 Å². The molecule has 0 amide bonds. The van der Waals surface area contributed by atoms with E-state index >= 15 is 0 Å². The Balaban J connectivity index is 1.75. The Labute approximate surface area is 197 Å². The lowest BCUT2D eigenvalue weighted by Gasteiger charge is -2.26. The molecule has 2 atom stereocenters. The minimum atomic E-state index is -2.63. The van der Waals surface area contributed by atoms with Crippen molar-refractivity contribution in [1.82, 2.24) is 9.65 Å². The summed E-state index contributed by atoms with van der Waals surface area (Å²) < 4.78 is 30.8. The summed E-state index contributed by atoms with van der Waals surface area (Å²) in [6.45, 7) is 1.99. The second-order valence-corrected chi connectivity index (χ2v) is 9.21. The van der Waals surface area contributed by atoms with Crippen LogP contribution in [0, 0.1) is 0 Å². The van der Waals surface area contributed by atoms with Crippen molar-refractivity contribution >= 4 is 43.0 Å². The van der Waals surface area contributed by atoms with Gasteiger partial charge >= 0.3 is 14.1 Å². The SMILES string of the molecule is COC(=O)CC[C@@H]1N=C(c2ccccn2)c2cc(Cl)ccc2N=C1O[PH](=O)N1CCOCC1. The largest absolute Gasteiger partial charge is 0.469 e. The number of pyridine rings is 1. The van der Waals surface area contributed by atoms with Crippen molar-refractivity contribution in [3.8, 4) is 0 Å².